The monoisotopic (exact) mass is 487 g/mol. The van der Waals surface area contributed by atoms with Crippen LogP contribution in [0.25, 0.3) is 0 Å². The van der Waals surface area contributed by atoms with Crippen molar-refractivity contribution >= 4 is 34.8 Å². The molecule has 2 saturated heterocycles. The van der Waals surface area contributed by atoms with Gasteiger partial charge >= 0.3 is 0 Å². The molecule has 2 fully saturated rings. The van der Waals surface area contributed by atoms with Crippen LogP contribution in [0, 0.1) is 6.92 Å². The van der Waals surface area contributed by atoms with Crippen LogP contribution in [0.2, 0.25) is 0 Å². The maximum Gasteiger partial charge on any atom is 0.243 e. The maximum atomic E-state index is 12.9. The van der Waals surface area contributed by atoms with E-state index >= 15 is 0 Å². The van der Waals surface area contributed by atoms with Crippen molar-refractivity contribution in [2.45, 2.75) is 30.5 Å². The Balaban J connectivity index is 0.00000171. The molecule has 0 radical (unpaired) electrons. The zero-order chi connectivity index (χ0) is 20.4. The van der Waals surface area contributed by atoms with Gasteiger partial charge in [-0.05, 0) is 24.6 Å². The highest BCUT2D eigenvalue weighted by Gasteiger charge is 2.38. The minimum atomic E-state index is -3.46. The molecule has 0 saturated carbocycles. The Morgan fingerprint density at radius 3 is 2.13 bits per heavy atom. The molecule has 31 heavy (non-hydrogen) atoms. The number of sulfonamides is 1. The molecule has 2 heterocycles. The van der Waals surface area contributed by atoms with Crippen molar-refractivity contribution in [3.63, 3.8) is 0 Å². The van der Waals surface area contributed by atoms with Crippen LogP contribution < -0.4 is 0 Å². The second-order valence-corrected chi connectivity index (χ2v) is 10.0. The summed E-state index contributed by atoms with van der Waals surface area (Å²) in [6, 6.07) is 17.4. The normalized spacial score (nSPS) is 23.2. The minimum absolute atomic E-state index is 0. The summed E-state index contributed by atoms with van der Waals surface area (Å²) in [5.41, 5.74) is 2.29. The summed E-state index contributed by atoms with van der Waals surface area (Å²) in [6.07, 6.45) is -0.404. The summed E-state index contributed by atoms with van der Waals surface area (Å²) in [6.45, 7) is 6.44. The Morgan fingerprint density at radius 1 is 0.903 bits per heavy atom. The third kappa shape index (κ3) is 5.99. The van der Waals surface area contributed by atoms with Crippen LogP contribution in [0.1, 0.15) is 11.1 Å². The molecule has 2 unspecified atom stereocenters. The Labute approximate surface area is 197 Å². The number of halogens is 2. The predicted molar refractivity (Wildman–Crippen MR) is 128 cm³/mol. The van der Waals surface area contributed by atoms with Gasteiger partial charge in [0.2, 0.25) is 10.0 Å². The molecule has 0 aliphatic carbocycles. The molecule has 2 aromatic rings. The van der Waals surface area contributed by atoms with Crippen molar-refractivity contribution in [2.24, 2.45) is 0 Å². The lowest BCUT2D eigenvalue weighted by atomic mass is 10.1. The molecule has 0 amide bonds. The third-order valence-corrected chi connectivity index (χ3v) is 7.90. The smallest absolute Gasteiger partial charge is 0.243 e. The van der Waals surface area contributed by atoms with Gasteiger partial charge in [-0.3, -0.25) is 9.80 Å². The summed E-state index contributed by atoms with van der Waals surface area (Å²) in [7, 11) is -3.46. The molecule has 0 bridgehead atoms. The van der Waals surface area contributed by atoms with Crippen molar-refractivity contribution in [3.05, 3.63) is 65.7 Å². The second kappa shape index (κ2) is 11.1. The van der Waals surface area contributed by atoms with Gasteiger partial charge in [0.25, 0.3) is 0 Å². The highest BCUT2D eigenvalue weighted by atomic mass is 35.5. The van der Waals surface area contributed by atoms with Crippen molar-refractivity contribution < 1.29 is 13.5 Å². The van der Waals surface area contributed by atoms with Crippen molar-refractivity contribution in [3.8, 4) is 0 Å². The number of aliphatic hydroxyl groups is 1. The average molecular weight is 488 g/mol. The van der Waals surface area contributed by atoms with E-state index in [-0.39, 0.29) is 30.9 Å². The van der Waals surface area contributed by atoms with Gasteiger partial charge in [-0.25, -0.2) is 8.42 Å². The van der Waals surface area contributed by atoms with E-state index in [0.717, 1.165) is 18.7 Å². The number of nitrogens with zero attached hydrogens (tertiary/aromatic N) is 3. The van der Waals surface area contributed by atoms with E-state index in [4.69, 9.17) is 0 Å². The van der Waals surface area contributed by atoms with E-state index in [9.17, 15) is 13.5 Å². The summed E-state index contributed by atoms with van der Waals surface area (Å²) < 4.78 is 27.4. The van der Waals surface area contributed by atoms with Crippen LogP contribution in [0.5, 0.6) is 0 Å². The van der Waals surface area contributed by atoms with E-state index in [1.54, 1.807) is 16.4 Å². The number of aliphatic hydroxyl groups excluding tert-OH is 1. The van der Waals surface area contributed by atoms with E-state index in [1.807, 2.05) is 37.3 Å². The Morgan fingerprint density at radius 2 is 1.52 bits per heavy atom. The van der Waals surface area contributed by atoms with Gasteiger partial charge in [0.05, 0.1) is 11.0 Å². The molecule has 0 spiro atoms. The largest absolute Gasteiger partial charge is 0.390 e. The standard InChI is InChI=1S/C22H29N3O3S.2ClH/c1-18-7-9-20(10-8-18)29(27,28)25-13-11-24(12-14-25)21-16-23(17-22(21)26)15-19-5-3-2-4-6-19;;/h2-10,21-22,26H,11-17H2,1H3;2*1H. The molecule has 2 aromatic carbocycles. The highest BCUT2D eigenvalue weighted by Crippen LogP contribution is 2.23. The summed E-state index contributed by atoms with van der Waals surface area (Å²) in [5, 5.41) is 10.6. The number of rotatable bonds is 5. The zero-order valence-electron chi connectivity index (χ0n) is 17.6. The number of hydrogen-bond acceptors (Lipinski definition) is 5. The van der Waals surface area contributed by atoms with Gasteiger partial charge in [-0.1, -0.05) is 48.0 Å². The first-order valence-corrected chi connectivity index (χ1v) is 11.6. The van der Waals surface area contributed by atoms with Gasteiger partial charge in [-0.2, -0.15) is 4.31 Å². The lowest BCUT2D eigenvalue weighted by Gasteiger charge is -2.38. The molecule has 2 aliphatic heterocycles. The summed E-state index contributed by atoms with van der Waals surface area (Å²) in [4.78, 5) is 4.88. The SMILES string of the molecule is Cc1ccc(S(=O)(=O)N2CCN(C3CN(Cc4ccccc4)CC3O)CC2)cc1.Cl.Cl. The molecule has 0 aromatic heterocycles. The maximum absolute atomic E-state index is 12.9. The first-order valence-electron chi connectivity index (χ1n) is 10.2. The van der Waals surface area contributed by atoms with Crippen LogP contribution in [-0.4, -0.2) is 79.0 Å². The number of aryl methyl sites for hydroxylation is 1. The van der Waals surface area contributed by atoms with Crippen LogP contribution in [0.15, 0.2) is 59.5 Å². The molecule has 2 aliphatic rings. The van der Waals surface area contributed by atoms with Crippen molar-refractivity contribution in [2.75, 3.05) is 39.3 Å². The fourth-order valence-corrected chi connectivity index (χ4v) is 5.73. The van der Waals surface area contributed by atoms with Gasteiger partial charge in [0.15, 0.2) is 0 Å². The lowest BCUT2D eigenvalue weighted by molar-refractivity contribution is 0.0618. The first-order chi connectivity index (χ1) is 13.9. The fraction of sp³-hybridized carbons (Fsp3) is 0.455. The van der Waals surface area contributed by atoms with Gasteiger partial charge in [0, 0.05) is 51.9 Å². The topological polar surface area (TPSA) is 64.1 Å². The van der Waals surface area contributed by atoms with Crippen LogP contribution in [0.4, 0.5) is 0 Å². The predicted octanol–water partition coefficient (Wildman–Crippen LogP) is 2.39. The van der Waals surface area contributed by atoms with Crippen LogP contribution >= 0.6 is 24.8 Å². The Bertz CT molecular complexity index is 921. The molecular formula is C22H31Cl2N3O3S. The second-order valence-electron chi connectivity index (χ2n) is 8.07. The molecule has 6 nitrogen and oxygen atoms in total. The molecule has 2 atom stereocenters. The number of hydrogen-bond donors (Lipinski definition) is 1. The van der Waals surface area contributed by atoms with E-state index in [0.29, 0.717) is 37.6 Å². The van der Waals surface area contributed by atoms with E-state index in [2.05, 4.69) is 21.9 Å². The summed E-state index contributed by atoms with van der Waals surface area (Å²) >= 11 is 0. The number of benzene rings is 2. The molecule has 4 rings (SSSR count). The van der Waals surface area contributed by atoms with E-state index in [1.165, 1.54) is 5.56 Å². The van der Waals surface area contributed by atoms with Gasteiger partial charge in [-0.15, -0.1) is 24.8 Å². The molecule has 9 heteroatoms. The zero-order valence-corrected chi connectivity index (χ0v) is 20.1. The Kier molecular flexibility index (Phi) is 9.33. The van der Waals surface area contributed by atoms with Crippen molar-refractivity contribution in [1.29, 1.82) is 0 Å². The lowest BCUT2D eigenvalue weighted by Crippen LogP contribution is -2.54. The number of β-amino-alcohol motifs (C(OH)–C–C–N with tert-alkyl or cyclic N) is 1. The fourth-order valence-electron chi connectivity index (χ4n) is 4.31. The van der Waals surface area contributed by atoms with Crippen LogP contribution in [-0.2, 0) is 16.6 Å². The van der Waals surface area contributed by atoms with Crippen molar-refractivity contribution in [1.82, 2.24) is 14.1 Å². The first kappa shape index (κ1) is 26.1. The van der Waals surface area contributed by atoms with Gasteiger partial charge in [0.1, 0.15) is 0 Å². The van der Waals surface area contributed by atoms with E-state index < -0.39 is 16.1 Å². The minimum Gasteiger partial charge on any atom is -0.390 e. The molecule has 172 valence electrons. The molecular weight excluding hydrogens is 457 g/mol. The molecule has 1 N–H and O–H groups in total. The number of likely N-dealkylation sites (tertiary alicyclic amines) is 1. The average Bonchev–Trinajstić information content (AvgIpc) is 3.09. The summed E-state index contributed by atoms with van der Waals surface area (Å²) in [5.74, 6) is 0. The quantitative estimate of drug-likeness (QED) is 0.701. The highest BCUT2D eigenvalue weighted by molar-refractivity contribution is 7.89. The number of piperazine rings is 1. The Hall–Kier alpha value is -1.19. The van der Waals surface area contributed by atoms with Gasteiger partial charge < -0.3 is 5.11 Å². The third-order valence-electron chi connectivity index (χ3n) is 5.98. The van der Waals surface area contributed by atoms with Crippen LogP contribution in [0.3, 0.4) is 0 Å².